The van der Waals surface area contributed by atoms with Crippen LogP contribution in [0.5, 0.6) is 0 Å². The number of rotatable bonds is 5. The summed E-state index contributed by atoms with van der Waals surface area (Å²) in [5, 5.41) is 12.4. The van der Waals surface area contributed by atoms with Crippen LogP contribution in [0.25, 0.3) is 32.6 Å². The number of hydrogen-bond acceptors (Lipinski definition) is 3. The van der Waals surface area contributed by atoms with Crippen molar-refractivity contribution in [3.05, 3.63) is 96.1 Å². The standard InChI is InChI=1S/C30H30N4/c1-2-34-29-13-6-5-12-27(29)28-20-23(14-15-30(28)34)21-31-33-18-16-32(17-19-33)22-25-10-7-9-24-8-3-4-11-26(24)25/h3-15,20-21H,2,16-19,22H2,1H3/b31-21+. The molecule has 0 bridgehead atoms. The van der Waals surface area contributed by atoms with Crippen LogP contribution >= 0.6 is 0 Å². The third-order valence-electron chi connectivity index (χ3n) is 7.11. The number of para-hydroxylation sites is 1. The molecule has 0 amide bonds. The van der Waals surface area contributed by atoms with Gasteiger partial charge in [-0.1, -0.05) is 66.7 Å². The highest BCUT2D eigenvalue weighted by molar-refractivity contribution is 6.09. The molecule has 0 spiro atoms. The van der Waals surface area contributed by atoms with Gasteiger partial charge in [-0.3, -0.25) is 9.91 Å². The topological polar surface area (TPSA) is 23.8 Å². The van der Waals surface area contributed by atoms with Crippen LogP contribution in [0, 0.1) is 0 Å². The molecule has 4 aromatic carbocycles. The third kappa shape index (κ3) is 3.84. The number of aromatic nitrogens is 1. The van der Waals surface area contributed by atoms with Crippen molar-refractivity contribution in [1.29, 1.82) is 0 Å². The Bertz CT molecular complexity index is 1480. The number of hydrazone groups is 1. The molecule has 0 N–H and O–H groups in total. The highest BCUT2D eigenvalue weighted by atomic mass is 15.5. The van der Waals surface area contributed by atoms with Crippen LogP contribution in [0.15, 0.2) is 90.0 Å². The fourth-order valence-electron chi connectivity index (χ4n) is 5.32. The number of nitrogens with zero attached hydrogens (tertiary/aromatic N) is 4. The van der Waals surface area contributed by atoms with Crippen molar-refractivity contribution in [2.75, 3.05) is 26.2 Å². The van der Waals surface area contributed by atoms with E-state index in [1.807, 2.05) is 6.21 Å². The van der Waals surface area contributed by atoms with Gasteiger partial charge in [-0.25, -0.2) is 0 Å². The Morgan fingerprint density at radius 2 is 1.47 bits per heavy atom. The lowest BCUT2D eigenvalue weighted by Crippen LogP contribution is -2.43. The van der Waals surface area contributed by atoms with Crippen molar-refractivity contribution in [1.82, 2.24) is 14.5 Å². The smallest absolute Gasteiger partial charge is 0.0543 e. The van der Waals surface area contributed by atoms with Crippen molar-refractivity contribution >= 4 is 38.8 Å². The summed E-state index contributed by atoms with van der Waals surface area (Å²) in [4.78, 5) is 2.54. The van der Waals surface area contributed by atoms with Crippen LogP contribution in [-0.4, -0.2) is 46.9 Å². The molecule has 1 aromatic heterocycles. The average Bonchev–Trinajstić information content (AvgIpc) is 3.21. The van der Waals surface area contributed by atoms with Crippen LogP contribution in [0.3, 0.4) is 0 Å². The van der Waals surface area contributed by atoms with Crippen molar-refractivity contribution in [2.45, 2.75) is 20.0 Å². The first-order valence-electron chi connectivity index (χ1n) is 12.3. The summed E-state index contributed by atoms with van der Waals surface area (Å²) in [6, 6.07) is 30.7. The van der Waals surface area contributed by atoms with Crippen molar-refractivity contribution in [2.24, 2.45) is 5.10 Å². The van der Waals surface area contributed by atoms with E-state index in [1.54, 1.807) is 0 Å². The second kappa shape index (κ2) is 8.96. The number of aryl methyl sites for hydroxylation is 1. The summed E-state index contributed by atoms with van der Waals surface area (Å²) in [5.41, 5.74) is 5.17. The highest BCUT2D eigenvalue weighted by Gasteiger charge is 2.16. The Morgan fingerprint density at radius 3 is 2.32 bits per heavy atom. The number of fused-ring (bicyclic) bond motifs is 4. The van der Waals surface area contributed by atoms with Gasteiger partial charge in [0.2, 0.25) is 0 Å². The molecule has 5 aromatic rings. The average molecular weight is 447 g/mol. The van der Waals surface area contributed by atoms with E-state index in [9.17, 15) is 0 Å². The zero-order valence-corrected chi connectivity index (χ0v) is 19.7. The van der Waals surface area contributed by atoms with E-state index in [2.05, 4.69) is 106 Å². The molecule has 1 saturated heterocycles. The second-order valence-corrected chi connectivity index (χ2v) is 9.15. The van der Waals surface area contributed by atoms with Crippen LogP contribution in [0.1, 0.15) is 18.1 Å². The maximum absolute atomic E-state index is 4.83. The van der Waals surface area contributed by atoms with E-state index < -0.39 is 0 Å². The van der Waals surface area contributed by atoms with Gasteiger partial charge < -0.3 is 4.57 Å². The summed E-state index contributed by atoms with van der Waals surface area (Å²) in [6.07, 6.45) is 2.03. The zero-order chi connectivity index (χ0) is 22.9. The molecule has 2 heterocycles. The predicted molar refractivity (Wildman–Crippen MR) is 144 cm³/mol. The second-order valence-electron chi connectivity index (χ2n) is 9.15. The fourth-order valence-corrected chi connectivity index (χ4v) is 5.32. The Kier molecular flexibility index (Phi) is 5.52. The van der Waals surface area contributed by atoms with Gasteiger partial charge in [0.25, 0.3) is 0 Å². The molecule has 4 nitrogen and oxygen atoms in total. The molecule has 0 radical (unpaired) electrons. The van der Waals surface area contributed by atoms with E-state index in [0.29, 0.717) is 0 Å². The van der Waals surface area contributed by atoms with Gasteiger partial charge in [0, 0.05) is 61.1 Å². The van der Waals surface area contributed by atoms with Gasteiger partial charge in [-0.2, -0.15) is 5.10 Å². The Labute approximate surface area is 200 Å². The monoisotopic (exact) mass is 446 g/mol. The zero-order valence-electron chi connectivity index (χ0n) is 19.7. The lowest BCUT2D eigenvalue weighted by molar-refractivity contribution is 0.131. The Morgan fingerprint density at radius 1 is 0.735 bits per heavy atom. The van der Waals surface area contributed by atoms with E-state index in [1.165, 1.54) is 38.1 Å². The molecule has 170 valence electrons. The van der Waals surface area contributed by atoms with Gasteiger partial charge in [-0.15, -0.1) is 0 Å². The quantitative estimate of drug-likeness (QED) is 0.304. The van der Waals surface area contributed by atoms with E-state index in [0.717, 1.165) is 44.8 Å². The molecule has 1 aliphatic heterocycles. The molecule has 6 rings (SSSR count). The van der Waals surface area contributed by atoms with Gasteiger partial charge in [0.15, 0.2) is 0 Å². The lowest BCUT2D eigenvalue weighted by atomic mass is 10.0. The fraction of sp³-hybridized carbons (Fsp3) is 0.233. The molecule has 1 aliphatic rings. The third-order valence-corrected chi connectivity index (χ3v) is 7.11. The van der Waals surface area contributed by atoms with E-state index in [-0.39, 0.29) is 0 Å². The van der Waals surface area contributed by atoms with Crippen LogP contribution in [-0.2, 0) is 13.1 Å². The number of hydrogen-bond donors (Lipinski definition) is 0. The number of benzene rings is 4. The molecule has 34 heavy (non-hydrogen) atoms. The van der Waals surface area contributed by atoms with E-state index >= 15 is 0 Å². The molecule has 0 unspecified atom stereocenters. The molecule has 0 saturated carbocycles. The van der Waals surface area contributed by atoms with Crippen LogP contribution in [0.4, 0.5) is 0 Å². The van der Waals surface area contributed by atoms with Gasteiger partial charge >= 0.3 is 0 Å². The molecule has 1 fully saturated rings. The molecule has 0 atom stereocenters. The summed E-state index contributed by atoms with van der Waals surface area (Å²) < 4.78 is 2.39. The largest absolute Gasteiger partial charge is 0.341 e. The van der Waals surface area contributed by atoms with Crippen LogP contribution < -0.4 is 0 Å². The predicted octanol–water partition coefficient (Wildman–Crippen LogP) is 6.12. The van der Waals surface area contributed by atoms with Gasteiger partial charge in [0.05, 0.1) is 6.21 Å². The molecule has 4 heteroatoms. The van der Waals surface area contributed by atoms with Crippen LogP contribution in [0.2, 0.25) is 0 Å². The van der Waals surface area contributed by atoms with Crippen molar-refractivity contribution < 1.29 is 0 Å². The molecular formula is C30H30N4. The Hall–Kier alpha value is -3.63. The molecule has 0 aliphatic carbocycles. The SMILES string of the molecule is CCn1c2ccccc2c2cc(/C=N/N3CCN(Cc4cccc5ccccc45)CC3)ccc21. The first kappa shape index (κ1) is 20.9. The first-order valence-corrected chi connectivity index (χ1v) is 12.3. The van der Waals surface area contributed by atoms with Crippen molar-refractivity contribution in [3.8, 4) is 0 Å². The maximum atomic E-state index is 4.83. The minimum absolute atomic E-state index is 0.957. The molecular weight excluding hydrogens is 416 g/mol. The summed E-state index contributed by atoms with van der Waals surface area (Å²) >= 11 is 0. The lowest BCUT2D eigenvalue weighted by Gasteiger charge is -2.33. The van der Waals surface area contributed by atoms with E-state index in [4.69, 9.17) is 5.10 Å². The first-order chi connectivity index (χ1) is 16.8. The summed E-state index contributed by atoms with van der Waals surface area (Å²) in [6.45, 7) is 8.16. The summed E-state index contributed by atoms with van der Waals surface area (Å²) in [7, 11) is 0. The highest BCUT2D eigenvalue weighted by Crippen LogP contribution is 2.29. The normalized spacial score (nSPS) is 15.3. The maximum Gasteiger partial charge on any atom is 0.0543 e. The summed E-state index contributed by atoms with van der Waals surface area (Å²) in [5.74, 6) is 0. The minimum Gasteiger partial charge on any atom is -0.341 e. The van der Waals surface area contributed by atoms with Gasteiger partial charge in [0.1, 0.15) is 0 Å². The van der Waals surface area contributed by atoms with Gasteiger partial charge in [-0.05, 0) is 47.0 Å². The van der Waals surface area contributed by atoms with Crippen molar-refractivity contribution in [3.63, 3.8) is 0 Å². The Balaban J connectivity index is 1.15. The minimum atomic E-state index is 0.957. The number of piperazine rings is 1.